The summed E-state index contributed by atoms with van der Waals surface area (Å²) >= 11 is 14.9. The Kier molecular flexibility index (Phi) is 6.37. The topological polar surface area (TPSA) is 42.0 Å². The average Bonchev–Trinajstić information content (AvgIpc) is 3.06. The van der Waals surface area contributed by atoms with E-state index >= 15 is 0 Å². The summed E-state index contributed by atoms with van der Waals surface area (Å²) in [5, 5.41) is 6.28. The molecule has 25 heavy (non-hydrogen) atoms. The molecule has 0 unspecified atom stereocenters. The van der Waals surface area contributed by atoms with Gasteiger partial charge in [0.1, 0.15) is 0 Å². The minimum absolute atomic E-state index is 0.0593. The van der Waals surface area contributed by atoms with Crippen LogP contribution in [0.15, 0.2) is 53.9 Å². The van der Waals surface area contributed by atoms with Crippen molar-refractivity contribution in [3.05, 3.63) is 69.5 Å². The third-order valence-corrected chi connectivity index (χ3v) is 5.81. The first-order chi connectivity index (χ1) is 12.1. The minimum Gasteiger partial charge on any atom is -0.301 e. The van der Waals surface area contributed by atoms with Gasteiger partial charge in [0, 0.05) is 16.7 Å². The van der Waals surface area contributed by atoms with Gasteiger partial charge in [0.25, 0.3) is 0 Å². The van der Waals surface area contributed by atoms with Crippen molar-refractivity contribution < 1.29 is 4.79 Å². The van der Waals surface area contributed by atoms with Crippen molar-refractivity contribution >= 4 is 57.3 Å². The van der Waals surface area contributed by atoms with Gasteiger partial charge in [-0.3, -0.25) is 4.79 Å². The molecule has 0 spiro atoms. The van der Waals surface area contributed by atoms with E-state index < -0.39 is 0 Å². The van der Waals surface area contributed by atoms with Crippen molar-refractivity contribution in [1.29, 1.82) is 0 Å². The Morgan fingerprint density at radius 1 is 1.12 bits per heavy atom. The highest BCUT2D eigenvalue weighted by Gasteiger charge is 2.09. The zero-order valence-corrected chi connectivity index (χ0v) is 16.2. The number of anilines is 1. The Morgan fingerprint density at radius 3 is 2.68 bits per heavy atom. The van der Waals surface area contributed by atoms with E-state index in [9.17, 15) is 4.79 Å². The molecule has 0 bridgehead atoms. The van der Waals surface area contributed by atoms with Crippen LogP contribution in [0.4, 0.5) is 5.13 Å². The number of nitrogens with zero attached hydrogens (tertiary/aromatic N) is 1. The van der Waals surface area contributed by atoms with E-state index in [0.717, 1.165) is 17.0 Å². The fraction of sp³-hybridized carbons (Fsp3) is 0.111. The van der Waals surface area contributed by atoms with Crippen LogP contribution < -0.4 is 5.32 Å². The first kappa shape index (κ1) is 18.3. The molecule has 0 aliphatic heterocycles. The van der Waals surface area contributed by atoms with Gasteiger partial charge in [-0.2, -0.15) is 0 Å². The van der Waals surface area contributed by atoms with Crippen molar-refractivity contribution in [2.75, 3.05) is 11.1 Å². The number of hydrogen-bond acceptors (Lipinski definition) is 4. The molecule has 2 aromatic carbocycles. The van der Waals surface area contributed by atoms with Crippen LogP contribution in [0.25, 0.3) is 11.3 Å². The highest BCUT2D eigenvalue weighted by molar-refractivity contribution is 7.99. The third-order valence-electron chi connectivity index (χ3n) is 3.31. The number of nitrogens with one attached hydrogen (secondary N) is 1. The van der Waals surface area contributed by atoms with Gasteiger partial charge in [-0.15, -0.1) is 23.1 Å². The van der Waals surface area contributed by atoms with Crippen LogP contribution in [-0.2, 0) is 10.5 Å². The molecule has 3 nitrogen and oxygen atoms in total. The largest absolute Gasteiger partial charge is 0.301 e. The summed E-state index contributed by atoms with van der Waals surface area (Å²) < 4.78 is 0. The summed E-state index contributed by atoms with van der Waals surface area (Å²) in [6, 6.07) is 15.4. The number of carbonyl (C=O) groups excluding carboxylic acids is 1. The van der Waals surface area contributed by atoms with Crippen LogP contribution in [0, 0.1) is 0 Å². The second kappa shape index (κ2) is 8.72. The number of carbonyl (C=O) groups is 1. The number of thioether (sulfide) groups is 1. The zero-order valence-electron chi connectivity index (χ0n) is 13.0. The second-order valence-electron chi connectivity index (χ2n) is 5.19. The lowest BCUT2D eigenvalue weighted by Crippen LogP contribution is -2.13. The number of hydrogen-bond donors (Lipinski definition) is 1. The van der Waals surface area contributed by atoms with Gasteiger partial charge in [0.15, 0.2) is 5.13 Å². The maximum absolute atomic E-state index is 12.0. The Morgan fingerprint density at radius 2 is 1.92 bits per heavy atom. The predicted molar refractivity (Wildman–Crippen MR) is 109 cm³/mol. The normalized spacial score (nSPS) is 10.6. The summed E-state index contributed by atoms with van der Waals surface area (Å²) in [4.78, 5) is 16.5. The van der Waals surface area contributed by atoms with Crippen LogP contribution in [0.1, 0.15) is 5.56 Å². The van der Waals surface area contributed by atoms with E-state index in [-0.39, 0.29) is 5.91 Å². The van der Waals surface area contributed by atoms with Crippen LogP contribution >= 0.6 is 46.3 Å². The molecule has 128 valence electrons. The van der Waals surface area contributed by atoms with E-state index in [1.165, 1.54) is 16.9 Å². The van der Waals surface area contributed by atoms with Crippen molar-refractivity contribution in [3.8, 4) is 11.3 Å². The van der Waals surface area contributed by atoms with Crippen molar-refractivity contribution in [2.45, 2.75) is 5.75 Å². The minimum atomic E-state index is -0.0593. The molecular weight excluding hydrogens is 395 g/mol. The average molecular weight is 409 g/mol. The van der Waals surface area contributed by atoms with Crippen LogP contribution in [0.3, 0.4) is 0 Å². The molecule has 0 fully saturated rings. The van der Waals surface area contributed by atoms with Crippen molar-refractivity contribution in [2.24, 2.45) is 0 Å². The molecule has 0 atom stereocenters. The highest BCUT2D eigenvalue weighted by Crippen LogP contribution is 2.30. The zero-order chi connectivity index (χ0) is 17.6. The lowest BCUT2D eigenvalue weighted by atomic mass is 10.2. The molecule has 3 rings (SSSR count). The molecule has 1 N–H and O–H groups in total. The maximum Gasteiger partial charge on any atom is 0.236 e. The van der Waals surface area contributed by atoms with Crippen molar-refractivity contribution in [1.82, 2.24) is 4.98 Å². The Bertz CT molecular complexity index is 869. The molecule has 1 aromatic heterocycles. The van der Waals surface area contributed by atoms with Crippen LogP contribution in [0.2, 0.25) is 10.0 Å². The second-order valence-corrected chi connectivity index (χ2v) is 7.85. The molecule has 1 heterocycles. The standard InChI is InChI=1S/C18H14Cl2N2OS2/c19-14-7-6-13(8-15(14)20)16-10-25-18(21-16)22-17(23)11-24-9-12-4-2-1-3-5-12/h1-8,10H,9,11H2,(H,21,22,23). The van der Waals surface area contributed by atoms with Gasteiger partial charge in [-0.25, -0.2) is 4.98 Å². The SMILES string of the molecule is O=C(CSCc1ccccc1)Nc1nc(-c2ccc(Cl)c(Cl)c2)cs1. The highest BCUT2D eigenvalue weighted by atomic mass is 35.5. The van der Waals surface area contributed by atoms with Gasteiger partial charge >= 0.3 is 0 Å². The fourth-order valence-corrected chi connectivity index (χ4v) is 3.93. The number of benzene rings is 2. The summed E-state index contributed by atoms with van der Waals surface area (Å²) in [5.41, 5.74) is 2.83. The Labute approximate surface area is 164 Å². The predicted octanol–water partition coefficient (Wildman–Crippen LogP) is 5.99. The summed E-state index contributed by atoms with van der Waals surface area (Å²) in [6.07, 6.45) is 0. The molecule has 7 heteroatoms. The maximum atomic E-state index is 12.0. The molecule has 0 radical (unpaired) electrons. The van der Waals surface area contributed by atoms with E-state index in [2.05, 4.69) is 22.4 Å². The number of thiazole rings is 1. The smallest absolute Gasteiger partial charge is 0.236 e. The quantitative estimate of drug-likeness (QED) is 0.544. The lowest BCUT2D eigenvalue weighted by Gasteiger charge is -2.03. The van der Waals surface area contributed by atoms with Crippen LogP contribution in [0.5, 0.6) is 0 Å². The lowest BCUT2D eigenvalue weighted by molar-refractivity contribution is -0.113. The monoisotopic (exact) mass is 408 g/mol. The van der Waals surface area contributed by atoms with Gasteiger partial charge < -0.3 is 5.32 Å². The number of halogens is 2. The molecule has 0 aliphatic rings. The summed E-state index contributed by atoms with van der Waals surface area (Å²) in [6.45, 7) is 0. The number of rotatable bonds is 6. The summed E-state index contributed by atoms with van der Waals surface area (Å²) in [5.74, 6) is 1.13. The van der Waals surface area contributed by atoms with Gasteiger partial charge in [0.05, 0.1) is 21.5 Å². The van der Waals surface area contributed by atoms with Gasteiger partial charge in [-0.1, -0.05) is 59.6 Å². The molecule has 0 saturated heterocycles. The first-order valence-electron chi connectivity index (χ1n) is 7.44. The number of amides is 1. The Hall–Kier alpha value is -1.53. The fourth-order valence-electron chi connectivity index (χ4n) is 2.11. The number of aromatic nitrogens is 1. The van der Waals surface area contributed by atoms with Crippen molar-refractivity contribution in [3.63, 3.8) is 0 Å². The summed E-state index contributed by atoms with van der Waals surface area (Å²) in [7, 11) is 0. The third kappa shape index (κ3) is 5.22. The molecule has 0 aliphatic carbocycles. The van der Waals surface area contributed by atoms with E-state index in [4.69, 9.17) is 23.2 Å². The van der Waals surface area contributed by atoms with Gasteiger partial charge in [0.2, 0.25) is 5.91 Å². The molecule has 3 aromatic rings. The van der Waals surface area contributed by atoms with Gasteiger partial charge in [-0.05, 0) is 17.7 Å². The van der Waals surface area contributed by atoms with E-state index in [1.807, 2.05) is 29.6 Å². The molecular formula is C18H14Cl2N2OS2. The first-order valence-corrected chi connectivity index (χ1v) is 10.2. The molecule has 1 amide bonds. The van der Waals surface area contributed by atoms with Crippen LogP contribution in [-0.4, -0.2) is 16.6 Å². The van der Waals surface area contributed by atoms with E-state index in [1.54, 1.807) is 23.9 Å². The van der Waals surface area contributed by atoms with E-state index in [0.29, 0.717) is 20.9 Å². The Balaban J connectivity index is 1.54. The molecule has 0 saturated carbocycles.